The summed E-state index contributed by atoms with van der Waals surface area (Å²) >= 11 is 0. The number of carbonyl (C=O) groups excluding carboxylic acids is 1. The highest BCUT2D eigenvalue weighted by Crippen LogP contribution is 2.43. The third kappa shape index (κ3) is 4.38. The van der Waals surface area contributed by atoms with Gasteiger partial charge < -0.3 is 10.3 Å². The maximum absolute atomic E-state index is 12.3. The summed E-state index contributed by atoms with van der Waals surface area (Å²) in [4.78, 5) is 48.2. The number of imidazole rings is 1. The Morgan fingerprint density at radius 2 is 1.81 bits per heavy atom. The van der Waals surface area contributed by atoms with Crippen LogP contribution in [0.3, 0.4) is 0 Å². The summed E-state index contributed by atoms with van der Waals surface area (Å²) in [6.45, 7) is 9.83. The summed E-state index contributed by atoms with van der Waals surface area (Å²) < 4.78 is 0. The van der Waals surface area contributed by atoms with Gasteiger partial charge in [-0.15, -0.1) is 0 Å². The normalized spacial score (nSPS) is 14.1. The third-order valence-corrected chi connectivity index (χ3v) is 5.82. The van der Waals surface area contributed by atoms with Crippen LogP contribution in [0, 0.1) is 5.92 Å². The van der Waals surface area contributed by atoms with Gasteiger partial charge in [0.2, 0.25) is 5.91 Å². The van der Waals surface area contributed by atoms with Gasteiger partial charge in [-0.3, -0.25) is 19.6 Å². The first-order valence-electron chi connectivity index (χ1n) is 10.4. The van der Waals surface area contributed by atoms with Crippen LogP contribution in [-0.4, -0.2) is 25.8 Å². The van der Waals surface area contributed by atoms with E-state index in [2.05, 4.69) is 45.2 Å². The highest BCUT2D eigenvalue weighted by atomic mass is 16.2. The highest BCUT2D eigenvalue weighted by molar-refractivity contribution is 5.88. The summed E-state index contributed by atoms with van der Waals surface area (Å²) in [7, 11) is 0. The number of amides is 1. The molecule has 2 heterocycles. The average Bonchev–Trinajstić information content (AvgIpc) is 3.13. The minimum Gasteiger partial charge on any atom is -0.335 e. The molecule has 0 spiro atoms. The Morgan fingerprint density at radius 3 is 2.39 bits per heavy atom. The fourth-order valence-electron chi connectivity index (χ4n) is 3.98. The molecule has 2 unspecified atom stereocenters. The van der Waals surface area contributed by atoms with Crippen molar-refractivity contribution in [3.8, 4) is 0 Å². The number of aromatic amines is 3. The van der Waals surface area contributed by atoms with E-state index in [0.29, 0.717) is 17.9 Å². The average molecular weight is 424 g/mol. The second-order valence-electron chi connectivity index (χ2n) is 8.24. The van der Waals surface area contributed by atoms with Gasteiger partial charge in [-0.25, -0.2) is 9.78 Å². The van der Waals surface area contributed by atoms with Gasteiger partial charge in [0.25, 0.3) is 5.56 Å². The van der Waals surface area contributed by atoms with Crippen LogP contribution in [0.2, 0.25) is 0 Å². The van der Waals surface area contributed by atoms with Crippen LogP contribution in [0.1, 0.15) is 58.8 Å². The fraction of sp³-hybridized carbons (Fsp3) is 0.391. The van der Waals surface area contributed by atoms with E-state index < -0.39 is 16.7 Å². The Hall–Kier alpha value is -3.42. The summed E-state index contributed by atoms with van der Waals surface area (Å²) in [5.41, 5.74) is 1.71. The summed E-state index contributed by atoms with van der Waals surface area (Å²) in [5.74, 6) is 0.640. The van der Waals surface area contributed by atoms with Crippen LogP contribution < -0.4 is 16.6 Å². The van der Waals surface area contributed by atoms with E-state index in [1.165, 1.54) is 12.5 Å². The number of H-pyrrole nitrogens is 3. The minimum atomic E-state index is -0.589. The van der Waals surface area contributed by atoms with Gasteiger partial charge in [-0.1, -0.05) is 44.1 Å². The van der Waals surface area contributed by atoms with Crippen LogP contribution >= 0.6 is 0 Å². The van der Waals surface area contributed by atoms with Crippen molar-refractivity contribution in [1.29, 1.82) is 0 Å². The number of nitrogens with one attached hydrogen (secondary N) is 4. The van der Waals surface area contributed by atoms with E-state index in [4.69, 9.17) is 0 Å². The van der Waals surface area contributed by atoms with Crippen molar-refractivity contribution in [2.24, 2.45) is 5.92 Å². The quantitative estimate of drug-likeness (QED) is 0.434. The van der Waals surface area contributed by atoms with Crippen molar-refractivity contribution < 1.29 is 4.79 Å². The smallest absolute Gasteiger partial charge is 0.327 e. The van der Waals surface area contributed by atoms with Gasteiger partial charge in [0.15, 0.2) is 5.65 Å². The van der Waals surface area contributed by atoms with E-state index in [-0.39, 0.29) is 23.0 Å². The second kappa shape index (κ2) is 8.75. The van der Waals surface area contributed by atoms with E-state index in [1.807, 2.05) is 38.1 Å². The Morgan fingerprint density at radius 1 is 1.13 bits per heavy atom. The number of hydrogen-bond acceptors (Lipinski definition) is 4. The number of carbonyl (C=O) groups is 1. The lowest BCUT2D eigenvalue weighted by Crippen LogP contribution is -2.36. The first-order chi connectivity index (χ1) is 14.7. The molecule has 4 N–H and O–H groups in total. The van der Waals surface area contributed by atoms with Crippen molar-refractivity contribution in [2.75, 3.05) is 5.32 Å². The van der Waals surface area contributed by atoms with Crippen molar-refractivity contribution in [1.82, 2.24) is 19.9 Å². The summed E-state index contributed by atoms with van der Waals surface area (Å²) in [6.07, 6.45) is 3.69. The molecule has 31 heavy (non-hydrogen) atoms. The number of rotatable bonds is 7. The fourth-order valence-corrected chi connectivity index (χ4v) is 3.98. The van der Waals surface area contributed by atoms with Crippen LogP contribution in [0.15, 0.2) is 45.5 Å². The minimum absolute atomic E-state index is 0.133. The molecule has 3 rings (SSSR count). The monoisotopic (exact) mass is 423 g/mol. The zero-order chi connectivity index (χ0) is 22.8. The summed E-state index contributed by atoms with van der Waals surface area (Å²) in [5, 5.41) is 2.79. The molecule has 3 aromatic rings. The molecule has 8 nitrogen and oxygen atoms in total. The SMILES string of the molecule is CCC(C)C(CC=C(C)C)(c1ccc(NC(C)=O)cc1)c1nc2[nH]c(=O)[nH]c(=O)c2[nH]1. The molecule has 0 bridgehead atoms. The number of hydrogen-bond donors (Lipinski definition) is 4. The predicted octanol–water partition coefficient (Wildman–Crippen LogP) is 3.59. The van der Waals surface area contributed by atoms with Crippen molar-refractivity contribution in [3.05, 3.63) is 68.1 Å². The van der Waals surface area contributed by atoms with Crippen molar-refractivity contribution in [3.63, 3.8) is 0 Å². The number of allylic oxidation sites excluding steroid dienone is 2. The maximum atomic E-state index is 12.3. The first-order valence-corrected chi connectivity index (χ1v) is 10.4. The Balaban J connectivity index is 2.28. The van der Waals surface area contributed by atoms with E-state index in [1.54, 1.807) is 0 Å². The molecule has 0 saturated heterocycles. The molecule has 0 saturated carbocycles. The summed E-state index contributed by atoms with van der Waals surface area (Å²) in [6, 6.07) is 7.70. The van der Waals surface area contributed by atoms with Gasteiger partial charge in [0, 0.05) is 12.6 Å². The molecule has 0 radical (unpaired) electrons. The third-order valence-electron chi connectivity index (χ3n) is 5.82. The zero-order valence-electron chi connectivity index (χ0n) is 18.6. The van der Waals surface area contributed by atoms with Gasteiger partial charge in [-0.05, 0) is 43.9 Å². The number of anilines is 1. The number of aromatic nitrogens is 4. The first kappa shape index (κ1) is 22.3. The largest absolute Gasteiger partial charge is 0.335 e. The van der Waals surface area contributed by atoms with Crippen molar-refractivity contribution >= 4 is 22.8 Å². The van der Waals surface area contributed by atoms with Crippen LogP contribution in [0.25, 0.3) is 11.2 Å². The Labute approximate surface area is 180 Å². The number of benzene rings is 1. The standard InChI is InChI=1S/C23H29N5O3/c1-6-14(4)23(12-11-13(2)3,16-7-9-17(10-8-16)24-15(5)29)21-25-18-19(26-21)27-22(31)28-20(18)30/h7-11,14H,6,12H2,1-5H3,(H,24,29)(H3,25,26,27,28,30,31). The van der Waals surface area contributed by atoms with Crippen LogP contribution in [0.5, 0.6) is 0 Å². The molecular weight excluding hydrogens is 394 g/mol. The lowest BCUT2D eigenvalue weighted by Gasteiger charge is -2.37. The topological polar surface area (TPSA) is 123 Å². The van der Waals surface area contributed by atoms with E-state index in [9.17, 15) is 14.4 Å². The van der Waals surface area contributed by atoms with E-state index in [0.717, 1.165) is 12.0 Å². The maximum Gasteiger partial charge on any atom is 0.327 e. The van der Waals surface area contributed by atoms with Gasteiger partial charge in [-0.2, -0.15) is 0 Å². The Kier molecular flexibility index (Phi) is 6.29. The van der Waals surface area contributed by atoms with Crippen molar-refractivity contribution in [2.45, 2.75) is 52.9 Å². The molecule has 0 fully saturated rings. The predicted molar refractivity (Wildman–Crippen MR) is 122 cm³/mol. The molecule has 2 atom stereocenters. The molecule has 2 aromatic heterocycles. The molecule has 0 aliphatic heterocycles. The molecule has 0 aliphatic carbocycles. The van der Waals surface area contributed by atoms with Crippen LogP contribution in [0.4, 0.5) is 5.69 Å². The van der Waals surface area contributed by atoms with E-state index >= 15 is 0 Å². The number of nitrogens with zero attached hydrogens (tertiary/aromatic N) is 1. The van der Waals surface area contributed by atoms with Gasteiger partial charge in [0.1, 0.15) is 11.3 Å². The molecule has 164 valence electrons. The lowest BCUT2D eigenvalue weighted by molar-refractivity contribution is -0.114. The Bertz CT molecular complexity index is 1230. The molecule has 0 aliphatic rings. The second-order valence-corrected chi connectivity index (χ2v) is 8.24. The van der Waals surface area contributed by atoms with Crippen LogP contribution in [-0.2, 0) is 10.2 Å². The zero-order valence-corrected chi connectivity index (χ0v) is 18.6. The van der Waals surface area contributed by atoms with Gasteiger partial charge in [0.05, 0.1) is 5.41 Å². The molecule has 1 amide bonds. The molecular formula is C23H29N5O3. The molecule has 8 heteroatoms. The van der Waals surface area contributed by atoms with Gasteiger partial charge >= 0.3 is 5.69 Å². The highest BCUT2D eigenvalue weighted by Gasteiger charge is 2.41. The molecule has 1 aromatic carbocycles. The number of fused-ring (bicyclic) bond motifs is 1. The lowest BCUT2D eigenvalue weighted by atomic mass is 9.66.